The van der Waals surface area contributed by atoms with Gasteiger partial charge in [-0.05, 0) is 38.6 Å². The fourth-order valence-corrected chi connectivity index (χ4v) is 3.76. The van der Waals surface area contributed by atoms with E-state index in [4.69, 9.17) is 11.6 Å². The van der Waals surface area contributed by atoms with Gasteiger partial charge in [0.1, 0.15) is 17.3 Å². The van der Waals surface area contributed by atoms with Crippen molar-refractivity contribution in [2.75, 3.05) is 18.4 Å². The third-order valence-corrected chi connectivity index (χ3v) is 4.88. The predicted octanol–water partition coefficient (Wildman–Crippen LogP) is 3.12. The van der Waals surface area contributed by atoms with Crippen LogP contribution in [0.25, 0.3) is 0 Å². The second kappa shape index (κ2) is 6.27. The van der Waals surface area contributed by atoms with E-state index in [0.29, 0.717) is 11.2 Å². The highest BCUT2D eigenvalue weighted by Gasteiger charge is 2.32. The molecule has 5 heteroatoms. The quantitative estimate of drug-likeness (QED) is 0.866. The molecule has 2 saturated heterocycles. The molecule has 3 rings (SSSR count). The molecule has 1 aromatic rings. The standard InChI is InChI=1S/C15H23ClN4/c1-2-4-13-14(16)17-10-18-15(13)19-11-6-8-20-7-3-5-12(20)9-11/h10-12H,2-9H2,1H3,(H,17,18,19). The molecule has 0 aromatic carbocycles. The zero-order chi connectivity index (χ0) is 13.9. The molecule has 2 unspecified atom stereocenters. The highest BCUT2D eigenvalue weighted by molar-refractivity contribution is 6.30. The van der Waals surface area contributed by atoms with E-state index in [0.717, 1.165) is 30.3 Å². The van der Waals surface area contributed by atoms with E-state index in [9.17, 15) is 0 Å². The SMILES string of the molecule is CCCc1c(Cl)ncnc1NC1CCN2CCCC2C1. The van der Waals surface area contributed by atoms with Gasteiger partial charge in [-0.2, -0.15) is 0 Å². The highest BCUT2D eigenvalue weighted by Crippen LogP contribution is 2.29. The van der Waals surface area contributed by atoms with Crippen LogP contribution in [0.4, 0.5) is 5.82 Å². The van der Waals surface area contributed by atoms with Gasteiger partial charge in [-0.1, -0.05) is 24.9 Å². The van der Waals surface area contributed by atoms with E-state index in [1.165, 1.54) is 38.8 Å². The van der Waals surface area contributed by atoms with Crippen LogP contribution in [-0.2, 0) is 6.42 Å². The summed E-state index contributed by atoms with van der Waals surface area (Å²) < 4.78 is 0. The molecular formula is C15H23ClN4. The van der Waals surface area contributed by atoms with E-state index in [2.05, 4.69) is 27.1 Å². The third kappa shape index (κ3) is 2.91. The van der Waals surface area contributed by atoms with Crippen LogP contribution in [0.1, 0.15) is 44.6 Å². The lowest BCUT2D eigenvalue weighted by Crippen LogP contribution is -2.43. The normalized spacial score (nSPS) is 26.5. The maximum absolute atomic E-state index is 6.22. The van der Waals surface area contributed by atoms with Gasteiger partial charge in [0, 0.05) is 24.2 Å². The van der Waals surface area contributed by atoms with Crippen molar-refractivity contribution in [1.82, 2.24) is 14.9 Å². The molecule has 0 aliphatic carbocycles. The van der Waals surface area contributed by atoms with Crippen molar-refractivity contribution >= 4 is 17.4 Å². The van der Waals surface area contributed by atoms with Crippen molar-refractivity contribution in [1.29, 1.82) is 0 Å². The minimum atomic E-state index is 0.524. The van der Waals surface area contributed by atoms with E-state index >= 15 is 0 Å². The smallest absolute Gasteiger partial charge is 0.137 e. The van der Waals surface area contributed by atoms with Gasteiger partial charge < -0.3 is 10.2 Å². The summed E-state index contributed by atoms with van der Waals surface area (Å²) in [5.74, 6) is 0.947. The maximum Gasteiger partial charge on any atom is 0.137 e. The number of hydrogen-bond donors (Lipinski definition) is 1. The second-order valence-corrected chi connectivity index (χ2v) is 6.30. The molecule has 2 atom stereocenters. The third-order valence-electron chi connectivity index (χ3n) is 4.55. The van der Waals surface area contributed by atoms with Crippen molar-refractivity contribution in [3.63, 3.8) is 0 Å². The van der Waals surface area contributed by atoms with Crippen LogP contribution in [0, 0.1) is 0 Å². The van der Waals surface area contributed by atoms with Gasteiger partial charge in [0.05, 0.1) is 0 Å². The lowest BCUT2D eigenvalue weighted by atomic mass is 9.97. The van der Waals surface area contributed by atoms with Gasteiger partial charge in [0.25, 0.3) is 0 Å². The van der Waals surface area contributed by atoms with Gasteiger partial charge >= 0.3 is 0 Å². The number of hydrogen-bond acceptors (Lipinski definition) is 4. The minimum Gasteiger partial charge on any atom is -0.367 e. The number of rotatable bonds is 4. The monoisotopic (exact) mass is 294 g/mol. The zero-order valence-electron chi connectivity index (χ0n) is 12.1. The van der Waals surface area contributed by atoms with Crippen LogP contribution in [0.5, 0.6) is 0 Å². The molecule has 0 spiro atoms. The summed E-state index contributed by atoms with van der Waals surface area (Å²) in [6, 6.07) is 1.30. The van der Waals surface area contributed by atoms with Crippen LogP contribution in [0.3, 0.4) is 0 Å². The predicted molar refractivity (Wildman–Crippen MR) is 82.3 cm³/mol. The van der Waals surface area contributed by atoms with Gasteiger partial charge in [0.2, 0.25) is 0 Å². The Kier molecular flexibility index (Phi) is 4.41. The minimum absolute atomic E-state index is 0.524. The van der Waals surface area contributed by atoms with Crippen molar-refractivity contribution < 1.29 is 0 Å². The van der Waals surface area contributed by atoms with Crippen LogP contribution < -0.4 is 5.32 Å². The zero-order valence-corrected chi connectivity index (χ0v) is 12.9. The lowest BCUT2D eigenvalue weighted by Gasteiger charge is -2.35. The summed E-state index contributed by atoms with van der Waals surface area (Å²) in [6.07, 6.45) is 8.70. The average molecular weight is 295 g/mol. The summed E-state index contributed by atoms with van der Waals surface area (Å²) in [5, 5.41) is 4.23. The molecule has 2 aliphatic rings. The first-order valence-electron chi connectivity index (χ1n) is 7.78. The van der Waals surface area contributed by atoms with E-state index < -0.39 is 0 Å². The summed E-state index contributed by atoms with van der Waals surface area (Å²) in [6.45, 7) is 4.66. The Morgan fingerprint density at radius 2 is 2.25 bits per heavy atom. The largest absolute Gasteiger partial charge is 0.367 e. The number of nitrogens with one attached hydrogen (secondary N) is 1. The van der Waals surface area contributed by atoms with Crippen LogP contribution in [0.15, 0.2) is 6.33 Å². The van der Waals surface area contributed by atoms with Crippen LogP contribution in [-0.4, -0.2) is 40.0 Å². The number of piperidine rings is 1. The molecule has 4 nitrogen and oxygen atoms in total. The fourth-order valence-electron chi connectivity index (χ4n) is 3.54. The Bertz CT molecular complexity index is 465. The number of aromatic nitrogens is 2. The summed E-state index contributed by atoms with van der Waals surface area (Å²) >= 11 is 6.22. The second-order valence-electron chi connectivity index (χ2n) is 5.94. The Balaban J connectivity index is 1.70. The topological polar surface area (TPSA) is 41.1 Å². The fraction of sp³-hybridized carbons (Fsp3) is 0.733. The lowest BCUT2D eigenvalue weighted by molar-refractivity contribution is 0.188. The van der Waals surface area contributed by atoms with E-state index in [1.807, 2.05) is 0 Å². The molecule has 1 N–H and O–H groups in total. The summed E-state index contributed by atoms with van der Waals surface area (Å²) in [4.78, 5) is 11.2. The van der Waals surface area contributed by atoms with Crippen LogP contribution in [0.2, 0.25) is 5.15 Å². The Labute approximate surface area is 125 Å². The van der Waals surface area contributed by atoms with Crippen molar-refractivity contribution in [3.05, 3.63) is 17.0 Å². The first-order chi connectivity index (χ1) is 9.78. The molecular weight excluding hydrogens is 272 g/mol. The number of fused-ring (bicyclic) bond motifs is 1. The molecule has 20 heavy (non-hydrogen) atoms. The number of nitrogens with zero attached hydrogens (tertiary/aromatic N) is 3. The molecule has 2 aliphatic heterocycles. The molecule has 0 bridgehead atoms. The number of anilines is 1. The van der Waals surface area contributed by atoms with Gasteiger partial charge in [-0.3, -0.25) is 0 Å². The molecule has 0 amide bonds. The maximum atomic E-state index is 6.22. The highest BCUT2D eigenvalue weighted by atomic mass is 35.5. The summed E-state index contributed by atoms with van der Waals surface area (Å²) in [5.41, 5.74) is 1.07. The van der Waals surface area contributed by atoms with Gasteiger partial charge in [0.15, 0.2) is 0 Å². The molecule has 0 radical (unpaired) electrons. The molecule has 2 fully saturated rings. The van der Waals surface area contributed by atoms with Gasteiger partial charge in [-0.15, -0.1) is 0 Å². The summed E-state index contributed by atoms with van der Waals surface area (Å²) in [7, 11) is 0. The Morgan fingerprint density at radius 3 is 3.10 bits per heavy atom. The van der Waals surface area contributed by atoms with Crippen molar-refractivity contribution in [2.45, 2.75) is 57.5 Å². The van der Waals surface area contributed by atoms with E-state index in [-0.39, 0.29) is 0 Å². The van der Waals surface area contributed by atoms with Crippen molar-refractivity contribution in [2.24, 2.45) is 0 Å². The van der Waals surface area contributed by atoms with Gasteiger partial charge in [-0.25, -0.2) is 9.97 Å². The van der Waals surface area contributed by atoms with Crippen molar-refractivity contribution in [3.8, 4) is 0 Å². The van der Waals surface area contributed by atoms with Crippen LogP contribution >= 0.6 is 11.6 Å². The average Bonchev–Trinajstić information content (AvgIpc) is 2.90. The molecule has 3 heterocycles. The first kappa shape index (κ1) is 14.1. The van der Waals surface area contributed by atoms with E-state index in [1.54, 1.807) is 6.33 Å². The Hall–Kier alpha value is -0.870. The first-order valence-corrected chi connectivity index (χ1v) is 8.15. The number of halogens is 1. The molecule has 1 aromatic heterocycles. The Morgan fingerprint density at radius 1 is 1.35 bits per heavy atom. The molecule has 110 valence electrons. The molecule has 0 saturated carbocycles.